The van der Waals surface area contributed by atoms with Crippen LogP contribution in [-0.4, -0.2) is 21.7 Å². The Morgan fingerprint density at radius 3 is 2.58 bits per heavy atom. The fourth-order valence-electron chi connectivity index (χ4n) is 7.22. The van der Waals surface area contributed by atoms with Crippen molar-refractivity contribution < 1.29 is 4.79 Å². The summed E-state index contributed by atoms with van der Waals surface area (Å²) in [7, 11) is 0. The predicted octanol–water partition coefficient (Wildman–Crippen LogP) is 7.72. The molecule has 0 saturated heterocycles. The molecule has 3 aliphatic rings. The molecule has 0 radical (unpaired) electrons. The number of aromatic nitrogens is 2. The van der Waals surface area contributed by atoms with E-state index in [-0.39, 0.29) is 22.8 Å². The molecule has 4 nitrogen and oxygen atoms in total. The minimum atomic E-state index is -0.0818. The fourth-order valence-corrected chi connectivity index (χ4v) is 7.72. The van der Waals surface area contributed by atoms with Crippen molar-refractivity contribution in [3.8, 4) is 11.3 Å². The Morgan fingerprint density at radius 2 is 1.89 bits per heavy atom. The zero-order valence-corrected chi connectivity index (χ0v) is 23.3. The Kier molecular flexibility index (Phi) is 5.57. The van der Waals surface area contributed by atoms with E-state index in [2.05, 4.69) is 32.2 Å². The second-order valence-corrected chi connectivity index (χ2v) is 13.1. The minimum absolute atomic E-state index is 0.0715. The number of rotatable bonds is 4. The summed E-state index contributed by atoms with van der Waals surface area (Å²) in [4.78, 5) is 13.9. The molecule has 0 spiro atoms. The number of halogens is 3. The average molecular weight is 543 g/mol. The molecule has 1 aromatic heterocycles. The number of carbonyl (C=O) groups excluding carboxylic acids is 1. The quantitative estimate of drug-likeness (QED) is 0.287. The fraction of sp³-hybridized carbons (Fsp3) is 0.448. The van der Waals surface area contributed by atoms with E-state index in [1.165, 1.54) is 19.3 Å². The maximum absolute atomic E-state index is 13.9. The van der Waals surface area contributed by atoms with Crippen molar-refractivity contribution >= 4 is 40.7 Å². The van der Waals surface area contributed by atoms with Gasteiger partial charge in [0.05, 0.1) is 22.3 Å². The number of benzene rings is 2. The molecule has 188 valence electrons. The number of hydrogen-bond acceptors (Lipinski definition) is 2. The summed E-state index contributed by atoms with van der Waals surface area (Å²) >= 11 is 18.9. The third-order valence-electron chi connectivity index (χ3n) is 9.13. The Morgan fingerprint density at radius 1 is 1.11 bits per heavy atom. The Labute approximate surface area is 227 Å². The highest BCUT2D eigenvalue weighted by Crippen LogP contribution is 2.62. The lowest BCUT2D eigenvalue weighted by molar-refractivity contribution is 0.0731. The summed E-state index contributed by atoms with van der Waals surface area (Å²) in [6.07, 6.45) is 4.24. The SMILES string of the molecule is Cc1cc2c(cc1Cl)Cc1c(C(=O)NC3C4(C)CCC(C4)C3(C)C)nn(Cc3ccc(Cl)c(Cl)c3)c1-2. The van der Waals surface area contributed by atoms with E-state index >= 15 is 0 Å². The summed E-state index contributed by atoms with van der Waals surface area (Å²) in [5, 5.41) is 10.1. The second kappa shape index (κ2) is 8.24. The minimum Gasteiger partial charge on any atom is -0.347 e. The molecular formula is C29H30Cl3N3O. The van der Waals surface area contributed by atoms with Crippen molar-refractivity contribution in [3.05, 3.63) is 73.3 Å². The first-order valence-electron chi connectivity index (χ1n) is 12.6. The highest BCUT2D eigenvalue weighted by molar-refractivity contribution is 6.42. The molecular weight excluding hydrogens is 513 g/mol. The summed E-state index contributed by atoms with van der Waals surface area (Å²) in [6, 6.07) is 9.87. The lowest BCUT2D eigenvalue weighted by atomic mass is 9.68. The standard InChI is InChI=1S/C29H30Cl3N3O/c1-15-9-19-17(12-22(15)31)11-20-24(26(36)33-27-28(2,3)18-7-8-29(27,4)13-18)34-35(25(19)20)14-16-5-6-21(30)23(32)10-16/h5-6,9-10,12,18,27H,7-8,11,13-14H2,1-4H3,(H,33,36). The van der Waals surface area contributed by atoms with Gasteiger partial charge in [0.15, 0.2) is 5.69 Å². The molecule has 3 aromatic rings. The smallest absolute Gasteiger partial charge is 0.272 e. The highest BCUT2D eigenvalue weighted by atomic mass is 35.5. The molecule has 2 fully saturated rings. The van der Waals surface area contributed by atoms with E-state index < -0.39 is 0 Å². The molecule has 3 unspecified atom stereocenters. The molecule has 36 heavy (non-hydrogen) atoms. The maximum atomic E-state index is 13.9. The first-order chi connectivity index (χ1) is 17.0. The second-order valence-electron chi connectivity index (χ2n) is 11.8. The third kappa shape index (κ3) is 3.63. The lowest BCUT2D eigenvalue weighted by Crippen LogP contribution is -2.52. The van der Waals surface area contributed by atoms with Crippen LogP contribution in [0.5, 0.6) is 0 Å². The predicted molar refractivity (Wildman–Crippen MR) is 146 cm³/mol. The number of hydrogen-bond donors (Lipinski definition) is 1. The number of fused-ring (bicyclic) bond motifs is 5. The molecule has 3 atom stereocenters. The van der Waals surface area contributed by atoms with Crippen LogP contribution in [0, 0.1) is 23.7 Å². The first kappa shape index (κ1) is 24.3. The van der Waals surface area contributed by atoms with E-state index in [1.807, 2.05) is 29.8 Å². The number of amides is 1. The van der Waals surface area contributed by atoms with E-state index in [0.29, 0.717) is 34.6 Å². The Bertz CT molecular complexity index is 1420. The van der Waals surface area contributed by atoms with Crippen molar-refractivity contribution in [2.24, 2.45) is 16.7 Å². The molecule has 1 heterocycles. The van der Waals surface area contributed by atoms with E-state index in [1.54, 1.807) is 6.07 Å². The largest absolute Gasteiger partial charge is 0.347 e. The van der Waals surface area contributed by atoms with Crippen molar-refractivity contribution in [2.45, 2.75) is 66.0 Å². The van der Waals surface area contributed by atoms with Gasteiger partial charge in [0.25, 0.3) is 5.91 Å². The van der Waals surface area contributed by atoms with Gasteiger partial charge in [0, 0.05) is 28.6 Å². The van der Waals surface area contributed by atoms with Crippen LogP contribution in [0.15, 0.2) is 30.3 Å². The maximum Gasteiger partial charge on any atom is 0.272 e. The van der Waals surface area contributed by atoms with Crippen LogP contribution in [0.1, 0.15) is 72.8 Å². The molecule has 6 rings (SSSR count). The molecule has 1 N–H and O–H groups in total. The van der Waals surface area contributed by atoms with Gasteiger partial charge in [-0.3, -0.25) is 9.48 Å². The summed E-state index contributed by atoms with van der Waals surface area (Å²) in [6.45, 7) is 9.44. The third-order valence-corrected chi connectivity index (χ3v) is 10.3. The Balaban J connectivity index is 1.41. The zero-order valence-electron chi connectivity index (χ0n) is 21.0. The summed E-state index contributed by atoms with van der Waals surface area (Å²) in [5.41, 5.74) is 6.88. The highest BCUT2D eigenvalue weighted by Gasteiger charge is 2.59. The number of nitrogens with zero attached hydrogens (tertiary/aromatic N) is 2. The summed E-state index contributed by atoms with van der Waals surface area (Å²) < 4.78 is 1.94. The molecule has 7 heteroatoms. The first-order valence-corrected chi connectivity index (χ1v) is 13.8. The van der Waals surface area contributed by atoms with Crippen molar-refractivity contribution in [1.29, 1.82) is 0 Å². The van der Waals surface area contributed by atoms with Crippen molar-refractivity contribution in [2.75, 3.05) is 0 Å². The van der Waals surface area contributed by atoms with Crippen LogP contribution in [-0.2, 0) is 13.0 Å². The number of aryl methyl sites for hydroxylation is 1. The Hall–Kier alpha value is -2.01. The average Bonchev–Trinajstić information content (AvgIpc) is 3.52. The molecule has 2 bridgehead atoms. The number of nitrogens with one attached hydrogen (secondary N) is 1. The van der Waals surface area contributed by atoms with Crippen LogP contribution in [0.2, 0.25) is 15.1 Å². The van der Waals surface area contributed by atoms with Gasteiger partial charge in [-0.05, 0) is 83.9 Å². The normalized spacial score (nSPS) is 25.2. The monoisotopic (exact) mass is 541 g/mol. The van der Waals surface area contributed by atoms with Crippen molar-refractivity contribution in [3.63, 3.8) is 0 Å². The molecule has 3 aliphatic carbocycles. The van der Waals surface area contributed by atoms with Gasteiger partial charge in [-0.15, -0.1) is 0 Å². The molecule has 2 saturated carbocycles. The van der Waals surface area contributed by atoms with Crippen LogP contribution in [0.4, 0.5) is 0 Å². The van der Waals surface area contributed by atoms with Gasteiger partial charge in [-0.25, -0.2) is 0 Å². The van der Waals surface area contributed by atoms with Crippen LogP contribution in [0.25, 0.3) is 11.3 Å². The van der Waals surface area contributed by atoms with Gasteiger partial charge >= 0.3 is 0 Å². The molecule has 0 aliphatic heterocycles. The summed E-state index contributed by atoms with van der Waals surface area (Å²) in [5.74, 6) is 0.571. The van der Waals surface area contributed by atoms with Gasteiger partial charge in [-0.2, -0.15) is 5.10 Å². The zero-order chi connectivity index (χ0) is 25.6. The van der Waals surface area contributed by atoms with Crippen LogP contribution < -0.4 is 5.32 Å². The topological polar surface area (TPSA) is 46.9 Å². The molecule has 2 aromatic carbocycles. The van der Waals surface area contributed by atoms with E-state index in [9.17, 15) is 4.79 Å². The van der Waals surface area contributed by atoms with Gasteiger partial charge in [0.2, 0.25) is 0 Å². The van der Waals surface area contributed by atoms with E-state index in [4.69, 9.17) is 39.9 Å². The van der Waals surface area contributed by atoms with Gasteiger partial charge < -0.3 is 5.32 Å². The van der Waals surface area contributed by atoms with Crippen molar-refractivity contribution in [1.82, 2.24) is 15.1 Å². The van der Waals surface area contributed by atoms with Gasteiger partial charge in [0.1, 0.15) is 0 Å². The van der Waals surface area contributed by atoms with Gasteiger partial charge in [-0.1, -0.05) is 61.6 Å². The molecule has 1 amide bonds. The van der Waals surface area contributed by atoms with E-state index in [0.717, 1.165) is 38.5 Å². The van der Waals surface area contributed by atoms with Crippen LogP contribution in [0.3, 0.4) is 0 Å². The van der Waals surface area contributed by atoms with Crippen LogP contribution >= 0.6 is 34.8 Å². The lowest BCUT2D eigenvalue weighted by Gasteiger charge is -2.43. The number of carbonyl (C=O) groups is 1.